The van der Waals surface area contributed by atoms with Crippen LogP contribution in [0.25, 0.3) is 0 Å². The Labute approximate surface area is 131 Å². The van der Waals surface area contributed by atoms with E-state index in [1.807, 2.05) is 6.07 Å². The van der Waals surface area contributed by atoms with Gasteiger partial charge in [0.25, 0.3) is 0 Å². The number of benzene rings is 2. The van der Waals surface area contributed by atoms with Gasteiger partial charge in [-0.25, -0.2) is 4.39 Å². The van der Waals surface area contributed by atoms with Gasteiger partial charge in [0, 0.05) is 11.6 Å². The summed E-state index contributed by atoms with van der Waals surface area (Å²) >= 11 is 6.11. The molecule has 0 spiro atoms. The Morgan fingerprint density at radius 2 is 1.90 bits per heavy atom. The van der Waals surface area contributed by atoms with Crippen LogP contribution in [0.15, 0.2) is 48.5 Å². The molecule has 2 aromatic rings. The Hall–Kier alpha value is -1.38. The highest BCUT2D eigenvalue weighted by molar-refractivity contribution is 6.31. The van der Waals surface area contributed by atoms with Gasteiger partial charge in [-0.05, 0) is 48.6 Å². The Morgan fingerprint density at radius 1 is 1.14 bits per heavy atom. The number of hydrogen-bond donors (Lipinski definition) is 1. The van der Waals surface area contributed by atoms with Crippen LogP contribution in [0.3, 0.4) is 0 Å². The maximum absolute atomic E-state index is 13.1. The first-order valence-electron chi connectivity index (χ1n) is 7.40. The van der Waals surface area contributed by atoms with Crippen molar-refractivity contribution < 1.29 is 4.39 Å². The van der Waals surface area contributed by atoms with Gasteiger partial charge in [-0.2, -0.15) is 0 Å². The summed E-state index contributed by atoms with van der Waals surface area (Å²) in [5, 5.41) is 3.93. The number of halogens is 2. The highest BCUT2D eigenvalue weighted by Crippen LogP contribution is 2.24. The lowest BCUT2D eigenvalue weighted by Gasteiger charge is -2.18. The summed E-state index contributed by atoms with van der Waals surface area (Å²) in [7, 11) is 0. The third kappa shape index (κ3) is 4.83. The molecule has 0 radical (unpaired) electrons. The van der Waals surface area contributed by atoms with Gasteiger partial charge in [0.1, 0.15) is 5.82 Å². The summed E-state index contributed by atoms with van der Waals surface area (Å²) in [6.07, 6.45) is 1.84. The minimum atomic E-state index is -0.281. The average molecular weight is 306 g/mol. The predicted molar refractivity (Wildman–Crippen MR) is 87.5 cm³/mol. The summed E-state index contributed by atoms with van der Waals surface area (Å²) in [5.41, 5.74) is 2.34. The van der Waals surface area contributed by atoms with E-state index in [2.05, 4.69) is 36.5 Å². The van der Waals surface area contributed by atoms with Gasteiger partial charge in [-0.1, -0.05) is 54.9 Å². The SMILES string of the molecule is CCNCC(CCc1ccc(F)cc1Cl)c1ccccc1. The zero-order valence-corrected chi connectivity index (χ0v) is 13.0. The van der Waals surface area contributed by atoms with Crippen molar-refractivity contribution in [3.63, 3.8) is 0 Å². The first kappa shape index (κ1) is 16.0. The molecule has 0 saturated carbocycles. The van der Waals surface area contributed by atoms with E-state index in [1.54, 1.807) is 6.07 Å². The number of likely N-dealkylation sites (N-methyl/N-ethyl adjacent to an activating group) is 1. The molecule has 1 N–H and O–H groups in total. The maximum Gasteiger partial charge on any atom is 0.124 e. The third-order valence-corrected chi connectivity index (χ3v) is 4.04. The normalized spacial score (nSPS) is 12.3. The minimum Gasteiger partial charge on any atom is -0.316 e. The fraction of sp³-hybridized carbons (Fsp3) is 0.333. The molecule has 0 amide bonds. The van der Waals surface area contributed by atoms with E-state index in [-0.39, 0.29) is 5.82 Å². The highest BCUT2D eigenvalue weighted by atomic mass is 35.5. The lowest BCUT2D eigenvalue weighted by molar-refractivity contribution is 0.561. The van der Waals surface area contributed by atoms with E-state index in [1.165, 1.54) is 17.7 Å². The summed E-state index contributed by atoms with van der Waals surface area (Å²) < 4.78 is 13.1. The molecule has 0 saturated heterocycles. The van der Waals surface area contributed by atoms with E-state index in [0.29, 0.717) is 10.9 Å². The van der Waals surface area contributed by atoms with Crippen molar-refractivity contribution >= 4 is 11.6 Å². The monoisotopic (exact) mass is 305 g/mol. The van der Waals surface area contributed by atoms with E-state index >= 15 is 0 Å². The van der Waals surface area contributed by atoms with Crippen molar-refractivity contribution in [1.29, 1.82) is 0 Å². The molecule has 1 atom stereocenters. The Bertz CT molecular complexity index is 556. The largest absolute Gasteiger partial charge is 0.316 e. The smallest absolute Gasteiger partial charge is 0.124 e. The van der Waals surface area contributed by atoms with E-state index in [9.17, 15) is 4.39 Å². The summed E-state index contributed by atoms with van der Waals surface area (Å²) in [6.45, 7) is 4.01. The van der Waals surface area contributed by atoms with Crippen LogP contribution in [-0.2, 0) is 6.42 Å². The van der Waals surface area contributed by atoms with Gasteiger partial charge in [0.15, 0.2) is 0 Å². The summed E-state index contributed by atoms with van der Waals surface area (Å²) in [6, 6.07) is 15.1. The van der Waals surface area contributed by atoms with Gasteiger partial charge in [-0.15, -0.1) is 0 Å². The fourth-order valence-corrected chi connectivity index (χ4v) is 2.75. The molecule has 1 unspecified atom stereocenters. The quantitative estimate of drug-likeness (QED) is 0.774. The zero-order chi connectivity index (χ0) is 15.1. The summed E-state index contributed by atoms with van der Waals surface area (Å²) in [5.74, 6) is 0.156. The molecule has 0 fully saturated rings. The molecule has 0 aliphatic rings. The third-order valence-electron chi connectivity index (χ3n) is 3.69. The fourth-order valence-electron chi connectivity index (χ4n) is 2.48. The van der Waals surface area contributed by atoms with E-state index in [0.717, 1.165) is 31.5 Å². The minimum absolute atomic E-state index is 0.281. The van der Waals surface area contributed by atoms with E-state index in [4.69, 9.17) is 11.6 Å². The average Bonchev–Trinajstić information content (AvgIpc) is 2.50. The van der Waals surface area contributed by atoms with E-state index < -0.39 is 0 Å². The number of nitrogens with one attached hydrogen (secondary N) is 1. The van der Waals surface area contributed by atoms with Crippen molar-refractivity contribution in [2.75, 3.05) is 13.1 Å². The van der Waals surface area contributed by atoms with Crippen LogP contribution in [-0.4, -0.2) is 13.1 Å². The molecule has 2 aromatic carbocycles. The predicted octanol–water partition coefficient (Wildman–Crippen LogP) is 4.81. The van der Waals surface area contributed by atoms with Crippen LogP contribution in [0.5, 0.6) is 0 Å². The van der Waals surface area contributed by atoms with Crippen molar-refractivity contribution in [2.45, 2.75) is 25.7 Å². The molecule has 0 heterocycles. The van der Waals surface area contributed by atoms with Crippen LogP contribution in [0.2, 0.25) is 5.02 Å². The second-order valence-electron chi connectivity index (χ2n) is 5.19. The second kappa shape index (κ2) is 8.16. The van der Waals surface area contributed by atoms with Crippen molar-refractivity contribution in [1.82, 2.24) is 5.32 Å². The molecule has 1 nitrogen and oxygen atoms in total. The Balaban J connectivity index is 2.05. The second-order valence-corrected chi connectivity index (χ2v) is 5.60. The molecule has 3 heteroatoms. The lowest BCUT2D eigenvalue weighted by atomic mass is 9.92. The molecule has 21 heavy (non-hydrogen) atoms. The number of rotatable bonds is 7. The lowest BCUT2D eigenvalue weighted by Crippen LogP contribution is -2.21. The number of hydrogen-bond acceptors (Lipinski definition) is 1. The van der Waals surface area contributed by atoms with Crippen LogP contribution >= 0.6 is 11.6 Å². The first-order valence-corrected chi connectivity index (χ1v) is 7.78. The van der Waals surface area contributed by atoms with Crippen LogP contribution in [0, 0.1) is 5.82 Å². The topological polar surface area (TPSA) is 12.0 Å². The molecular formula is C18H21ClFN. The molecule has 0 aromatic heterocycles. The number of aryl methyl sites for hydroxylation is 1. The van der Waals surface area contributed by atoms with Gasteiger partial charge >= 0.3 is 0 Å². The van der Waals surface area contributed by atoms with Gasteiger partial charge in [-0.3, -0.25) is 0 Å². The molecule has 2 rings (SSSR count). The Morgan fingerprint density at radius 3 is 2.57 bits per heavy atom. The Kier molecular flexibility index (Phi) is 6.21. The molecule has 0 bridgehead atoms. The van der Waals surface area contributed by atoms with Crippen LogP contribution in [0.1, 0.15) is 30.4 Å². The van der Waals surface area contributed by atoms with Gasteiger partial charge in [0.05, 0.1) is 0 Å². The molecule has 0 aliphatic carbocycles. The van der Waals surface area contributed by atoms with Crippen molar-refractivity contribution in [2.24, 2.45) is 0 Å². The standard InChI is InChI=1S/C18H21ClFN/c1-2-21-13-16(14-6-4-3-5-7-14)9-8-15-10-11-17(20)12-18(15)19/h3-7,10-12,16,21H,2,8-9,13H2,1H3. The van der Waals surface area contributed by atoms with Gasteiger partial charge in [0.2, 0.25) is 0 Å². The van der Waals surface area contributed by atoms with Crippen molar-refractivity contribution in [3.8, 4) is 0 Å². The molecule has 112 valence electrons. The van der Waals surface area contributed by atoms with Gasteiger partial charge < -0.3 is 5.32 Å². The molecular weight excluding hydrogens is 285 g/mol. The summed E-state index contributed by atoms with van der Waals surface area (Å²) in [4.78, 5) is 0. The van der Waals surface area contributed by atoms with Crippen LogP contribution in [0.4, 0.5) is 4.39 Å². The highest BCUT2D eigenvalue weighted by Gasteiger charge is 2.12. The maximum atomic E-state index is 13.1. The zero-order valence-electron chi connectivity index (χ0n) is 12.3. The first-order chi connectivity index (χ1) is 10.2. The van der Waals surface area contributed by atoms with Crippen molar-refractivity contribution in [3.05, 3.63) is 70.5 Å². The molecule has 0 aliphatic heterocycles. The van der Waals surface area contributed by atoms with Crippen LogP contribution < -0.4 is 5.32 Å².